The number of aromatic nitrogens is 2. The van der Waals surface area contributed by atoms with Crippen molar-refractivity contribution >= 4 is 5.91 Å². The summed E-state index contributed by atoms with van der Waals surface area (Å²) >= 11 is 0. The van der Waals surface area contributed by atoms with Gasteiger partial charge >= 0.3 is 0 Å². The van der Waals surface area contributed by atoms with Gasteiger partial charge in [-0.25, -0.2) is 4.98 Å². The number of methoxy groups -OCH3 is 1. The molecule has 2 heterocycles. The van der Waals surface area contributed by atoms with Gasteiger partial charge in [0.2, 0.25) is 5.91 Å². The molecule has 1 amide bonds. The maximum absolute atomic E-state index is 12.6. The number of aromatic amines is 1. The minimum absolute atomic E-state index is 0.0714. The van der Waals surface area contributed by atoms with Gasteiger partial charge in [-0.1, -0.05) is 13.8 Å². The number of rotatable bonds is 6. The maximum atomic E-state index is 12.6. The lowest BCUT2D eigenvalue weighted by atomic mass is 10.0. The van der Waals surface area contributed by atoms with Crippen molar-refractivity contribution in [2.75, 3.05) is 26.8 Å². The van der Waals surface area contributed by atoms with Crippen LogP contribution in [0.2, 0.25) is 0 Å². The van der Waals surface area contributed by atoms with E-state index in [1.165, 1.54) is 0 Å². The monoisotopic (exact) mass is 321 g/mol. The summed E-state index contributed by atoms with van der Waals surface area (Å²) in [7, 11) is 1.63. The van der Waals surface area contributed by atoms with Gasteiger partial charge in [0.05, 0.1) is 12.3 Å². The summed E-state index contributed by atoms with van der Waals surface area (Å²) in [5.41, 5.74) is 1.49. The minimum Gasteiger partial charge on any atom is -0.384 e. The van der Waals surface area contributed by atoms with Crippen LogP contribution in [0.3, 0.4) is 0 Å². The lowest BCUT2D eigenvalue weighted by Gasteiger charge is -2.24. The van der Waals surface area contributed by atoms with Crippen molar-refractivity contribution in [2.45, 2.75) is 46.0 Å². The van der Waals surface area contributed by atoms with Gasteiger partial charge in [-0.3, -0.25) is 9.59 Å². The molecule has 0 atom stereocenters. The maximum Gasteiger partial charge on any atom is 0.254 e. The van der Waals surface area contributed by atoms with E-state index >= 15 is 0 Å². The molecular weight excluding hydrogens is 294 g/mol. The van der Waals surface area contributed by atoms with Crippen molar-refractivity contribution in [3.05, 3.63) is 27.4 Å². The molecule has 1 N–H and O–H groups in total. The molecule has 1 aromatic rings. The molecule has 2 rings (SSSR count). The van der Waals surface area contributed by atoms with E-state index in [4.69, 9.17) is 4.74 Å². The Morgan fingerprint density at radius 2 is 2.00 bits per heavy atom. The molecule has 0 spiro atoms. The van der Waals surface area contributed by atoms with Crippen LogP contribution >= 0.6 is 0 Å². The van der Waals surface area contributed by atoms with E-state index in [2.05, 4.69) is 9.97 Å². The molecule has 0 unspecified atom stereocenters. The smallest absolute Gasteiger partial charge is 0.254 e. The second-order valence-electron chi connectivity index (χ2n) is 6.02. The van der Waals surface area contributed by atoms with Gasteiger partial charge in [0.25, 0.3) is 5.56 Å². The Morgan fingerprint density at radius 3 is 2.65 bits per heavy atom. The summed E-state index contributed by atoms with van der Waals surface area (Å²) < 4.78 is 5.04. The Hall–Kier alpha value is -1.69. The third-order valence-corrected chi connectivity index (χ3v) is 4.59. The number of amides is 1. The molecule has 0 bridgehead atoms. The van der Waals surface area contributed by atoms with Gasteiger partial charge in [0, 0.05) is 44.5 Å². The summed E-state index contributed by atoms with van der Waals surface area (Å²) in [4.78, 5) is 34.2. The molecule has 6 heteroatoms. The Morgan fingerprint density at radius 1 is 1.30 bits per heavy atom. The highest BCUT2D eigenvalue weighted by Crippen LogP contribution is 2.16. The zero-order chi connectivity index (χ0) is 16.8. The fourth-order valence-corrected chi connectivity index (χ4v) is 3.09. The first-order chi connectivity index (χ1) is 11.1. The Bertz CT molecular complexity index is 593. The normalized spacial score (nSPS) is 14.7. The van der Waals surface area contributed by atoms with Gasteiger partial charge in [-0.05, 0) is 19.3 Å². The van der Waals surface area contributed by atoms with Gasteiger partial charge in [-0.15, -0.1) is 0 Å². The van der Waals surface area contributed by atoms with Gasteiger partial charge in [0.15, 0.2) is 0 Å². The van der Waals surface area contributed by atoms with Crippen molar-refractivity contribution in [1.29, 1.82) is 0 Å². The summed E-state index contributed by atoms with van der Waals surface area (Å²) in [5.74, 6) is 0.953. The number of hydrogen-bond acceptors (Lipinski definition) is 4. The molecule has 0 aromatic carbocycles. The van der Waals surface area contributed by atoms with Crippen LogP contribution in [0.15, 0.2) is 4.79 Å². The highest BCUT2D eigenvalue weighted by molar-refractivity contribution is 5.78. The average Bonchev–Trinajstić information content (AvgIpc) is 2.77. The Labute approximate surface area is 137 Å². The van der Waals surface area contributed by atoms with Crippen molar-refractivity contribution < 1.29 is 9.53 Å². The van der Waals surface area contributed by atoms with Crippen molar-refractivity contribution in [3.63, 3.8) is 0 Å². The molecule has 0 saturated carbocycles. The third kappa shape index (κ3) is 4.19. The van der Waals surface area contributed by atoms with Crippen LogP contribution in [0.25, 0.3) is 0 Å². The Balaban J connectivity index is 2.15. The quantitative estimate of drug-likeness (QED) is 0.857. The highest BCUT2D eigenvalue weighted by atomic mass is 16.5. The second kappa shape index (κ2) is 8.24. The topological polar surface area (TPSA) is 75.3 Å². The number of hydrogen-bond donors (Lipinski definition) is 1. The van der Waals surface area contributed by atoms with Crippen LogP contribution in [0.1, 0.15) is 43.8 Å². The molecule has 1 aliphatic heterocycles. The van der Waals surface area contributed by atoms with E-state index in [1.54, 1.807) is 7.11 Å². The van der Waals surface area contributed by atoms with Gasteiger partial charge in [0.1, 0.15) is 5.82 Å². The van der Waals surface area contributed by atoms with Crippen LogP contribution < -0.4 is 5.56 Å². The zero-order valence-corrected chi connectivity index (χ0v) is 14.4. The van der Waals surface area contributed by atoms with Crippen molar-refractivity contribution in [1.82, 2.24) is 14.9 Å². The molecule has 6 nitrogen and oxygen atoms in total. The summed E-state index contributed by atoms with van der Waals surface area (Å²) in [5, 5.41) is 0. The molecule has 0 radical (unpaired) electrons. The highest BCUT2D eigenvalue weighted by Gasteiger charge is 2.25. The number of ether oxygens (including phenoxy) is 1. The number of nitrogens with zero attached hydrogens (tertiary/aromatic N) is 2. The first-order valence-electron chi connectivity index (χ1n) is 8.49. The molecule has 1 aliphatic rings. The van der Waals surface area contributed by atoms with Crippen LogP contribution in [-0.4, -0.2) is 47.6 Å². The lowest BCUT2D eigenvalue weighted by Crippen LogP contribution is -2.37. The predicted molar refractivity (Wildman–Crippen MR) is 88.5 cm³/mol. The SMILES string of the molecule is CCC(CC)C(=O)N1CCc2nc(CCOC)[nH]c(=O)c2CC1. The van der Waals surface area contributed by atoms with E-state index in [0.717, 1.165) is 24.1 Å². The van der Waals surface area contributed by atoms with E-state index < -0.39 is 0 Å². The van der Waals surface area contributed by atoms with Crippen LogP contribution in [0, 0.1) is 5.92 Å². The minimum atomic E-state index is -0.0714. The standard InChI is InChI=1S/C17H27N3O3/c1-4-12(5-2)17(22)20-9-6-13-14(7-10-20)18-15(8-11-23-3)19-16(13)21/h12H,4-11H2,1-3H3,(H,18,19,21). The molecule has 128 valence electrons. The second-order valence-corrected chi connectivity index (χ2v) is 6.02. The van der Waals surface area contributed by atoms with Crippen LogP contribution in [0.4, 0.5) is 0 Å². The summed E-state index contributed by atoms with van der Waals surface area (Å²) in [6.45, 7) is 5.87. The largest absolute Gasteiger partial charge is 0.384 e. The van der Waals surface area contributed by atoms with Gasteiger partial charge in [-0.2, -0.15) is 0 Å². The molecular formula is C17H27N3O3. The van der Waals surface area contributed by atoms with Gasteiger partial charge < -0.3 is 14.6 Å². The number of H-pyrrole nitrogens is 1. The molecule has 0 saturated heterocycles. The van der Waals surface area contributed by atoms with Crippen LogP contribution in [0.5, 0.6) is 0 Å². The number of fused-ring (bicyclic) bond motifs is 1. The average molecular weight is 321 g/mol. The molecule has 1 aromatic heterocycles. The van der Waals surface area contributed by atoms with Crippen molar-refractivity contribution in [2.24, 2.45) is 5.92 Å². The predicted octanol–water partition coefficient (Wildman–Crippen LogP) is 1.32. The summed E-state index contributed by atoms with van der Waals surface area (Å²) in [6.07, 6.45) is 3.53. The number of nitrogens with one attached hydrogen (secondary N) is 1. The third-order valence-electron chi connectivity index (χ3n) is 4.59. The molecule has 0 aliphatic carbocycles. The Kier molecular flexibility index (Phi) is 6.33. The zero-order valence-electron chi connectivity index (χ0n) is 14.4. The first kappa shape index (κ1) is 17.7. The van der Waals surface area contributed by atoms with E-state index in [1.807, 2.05) is 18.7 Å². The fourth-order valence-electron chi connectivity index (χ4n) is 3.09. The first-order valence-corrected chi connectivity index (χ1v) is 8.49. The molecule has 0 fully saturated rings. The summed E-state index contributed by atoms with van der Waals surface area (Å²) in [6, 6.07) is 0. The fraction of sp³-hybridized carbons (Fsp3) is 0.706. The van der Waals surface area contributed by atoms with E-state index in [9.17, 15) is 9.59 Å². The molecule has 23 heavy (non-hydrogen) atoms. The number of carbonyl (C=O) groups excluding carboxylic acids is 1. The van der Waals surface area contributed by atoms with E-state index in [0.29, 0.717) is 44.8 Å². The van der Waals surface area contributed by atoms with Crippen LogP contribution in [-0.2, 0) is 28.8 Å². The van der Waals surface area contributed by atoms with Crippen molar-refractivity contribution in [3.8, 4) is 0 Å². The van der Waals surface area contributed by atoms with E-state index in [-0.39, 0.29) is 17.4 Å². The lowest BCUT2D eigenvalue weighted by molar-refractivity contribution is -0.135. The number of carbonyl (C=O) groups is 1.